The van der Waals surface area contributed by atoms with Crippen molar-refractivity contribution < 1.29 is 9.18 Å². The molecule has 1 aromatic rings. The number of guanidine groups is 1. The molecule has 1 fully saturated rings. The maximum absolute atomic E-state index is 13.0. The lowest BCUT2D eigenvalue weighted by Gasteiger charge is -2.25. The zero-order valence-electron chi connectivity index (χ0n) is 14.9. The smallest absolute Gasteiger partial charge is 0.241 e. The number of nitrogens with zero attached hydrogens (tertiary/aromatic N) is 2. The predicted octanol–water partition coefficient (Wildman–Crippen LogP) is 2.90. The predicted molar refractivity (Wildman–Crippen MR) is 110 cm³/mol. The molecule has 2 N–H and O–H groups in total. The number of likely N-dealkylation sites (N-methyl/N-ethyl adjacent to an activating group) is 1. The fourth-order valence-electron chi connectivity index (χ4n) is 2.67. The molecule has 5 nitrogen and oxygen atoms in total. The SMILES string of the molecule is CN(C)C(=O)CNC(=NCc1ccc(F)cc1)NC1CCCCC1.I. The quantitative estimate of drug-likeness (QED) is 0.402. The van der Waals surface area contributed by atoms with E-state index in [2.05, 4.69) is 15.6 Å². The molecule has 0 radical (unpaired) electrons. The summed E-state index contributed by atoms with van der Waals surface area (Å²) in [6.45, 7) is 0.646. The summed E-state index contributed by atoms with van der Waals surface area (Å²) in [6.07, 6.45) is 5.98. The summed E-state index contributed by atoms with van der Waals surface area (Å²) in [5.41, 5.74) is 0.931. The van der Waals surface area contributed by atoms with Crippen LogP contribution in [0.2, 0.25) is 0 Å². The highest BCUT2D eigenvalue weighted by Gasteiger charge is 2.15. The monoisotopic (exact) mass is 462 g/mol. The highest BCUT2D eigenvalue weighted by atomic mass is 127. The van der Waals surface area contributed by atoms with E-state index in [1.807, 2.05) is 0 Å². The van der Waals surface area contributed by atoms with Gasteiger partial charge in [-0.25, -0.2) is 9.38 Å². The molecule has 1 aromatic carbocycles. The Morgan fingerprint density at radius 2 is 1.84 bits per heavy atom. The van der Waals surface area contributed by atoms with Crippen molar-refractivity contribution in [1.82, 2.24) is 15.5 Å². The van der Waals surface area contributed by atoms with E-state index in [0.29, 0.717) is 18.5 Å². The van der Waals surface area contributed by atoms with Gasteiger partial charge in [0.05, 0.1) is 13.1 Å². The summed E-state index contributed by atoms with van der Waals surface area (Å²) in [5, 5.41) is 6.53. The number of halogens is 2. The largest absolute Gasteiger partial charge is 0.354 e. The van der Waals surface area contributed by atoms with E-state index in [1.54, 1.807) is 31.1 Å². The molecule has 1 saturated carbocycles. The highest BCUT2D eigenvalue weighted by Crippen LogP contribution is 2.17. The summed E-state index contributed by atoms with van der Waals surface area (Å²) in [4.78, 5) is 17.9. The van der Waals surface area contributed by atoms with Gasteiger partial charge in [0, 0.05) is 20.1 Å². The van der Waals surface area contributed by atoms with Crippen molar-refractivity contribution in [1.29, 1.82) is 0 Å². The summed E-state index contributed by atoms with van der Waals surface area (Å²) in [6, 6.07) is 6.71. The number of carbonyl (C=O) groups is 1. The summed E-state index contributed by atoms with van der Waals surface area (Å²) in [7, 11) is 3.46. The number of nitrogens with one attached hydrogen (secondary N) is 2. The first-order chi connectivity index (χ1) is 11.5. The van der Waals surface area contributed by atoms with Gasteiger partial charge in [-0.2, -0.15) is 0 Å². The third kappa shape index (κ3) is 8.02. The van der Waals surface area contributed by atoms with Gasteiger partial charge in [0.25, 0.3) is 0 Å². The minimum absolute atomic E-state index is 0. The number of hydrogen-bond acceptors (Lipinski definition) is 2. The molecule has 0 aliphatic heterocycles. The van der Waals surface area contributed by atoms with E-state index in [4.69, 9.17) is 0 Å². The Labute approximate surface area is 166 Å². The lowest BCUT2D eigenvalue weighted by molar-refractivity contribution is -0.127. The molecule has 0 spiro atoms. The van der Waals surface area contributed by atoms with Crippen LogP contribution >= 0.6 is 24.0 Å². The van der Waals surface area contributed by atoms with Gasteiger partial charge in [-0.05, 0) is 30.5 Å². The molecule has 25 heavy (non-hydrogen) atoms. The lowest BCUT2D eigenvalue weighted by atomic mass is 9.96. The molecule has 140 valence electrons. The second-order valence-electron chi connectivity index (χ2n) is 6.41. The molecule has 0 saturated heterocycles. The van der Waals surface area contributed by atoms with E-state index in [-0.39, 0.29) is 42.2 Å². The molecular weight excluding hydrogens is 434 g/mol. The first-order valence-electron chi connectivity index (χ1n) is 8.54. The van der Waals surface area contributed by atoms with E-state index in [0.717, 1.165) is 18.4 Å². The Morgan fingerprint density at radius 1 is 1.20 bits per heavy atom. The molecule has 2 rings (SSSR count). The Hall–Kier alpha value is -1.38. The van der Waals surface area contributed by atoms with Crippen molar-refractivity contribution >= 4 is 35.8 Å². The van der Waals surface area contributed by atoms with Gasteiger partial charge in [0.15, 0.2) is 5.96 Å². The summed E-state index contributed by atoms with van der Waals surface area (Å²) in [5.74, 6) is 0.384. The van der Waals surface area contributed by atoms with Crippen LogP contribution in [-0.2, 0) is 11.3 Å². The van der Waals surface area contributed by atoms with Crippen molar-refractivity contribution in [2.24, 2.45) is 4.99 Å². The van der Waals surface area contributed by atoms with Crippen LogP contribution in [0, 0.1) is 5.82 Å². The topological polar surface area (TPSA) is 56.7 Å². The molecular formula is C18H28FIN4O. The highest BCUT2D eigenvalue weighted by molar-refractivity contribution is 14.0. The first kappa shape index (κ1) is 21.7. The van der Waals surface area contributed by atoms with Crippen molar-refractivity contribution in [2.75, 3.05) is 20.6 Å². The van der Waals surface area contributed by atoms with Crippen LogP contribution in [0.1, 0.15) is 37.7 Å². The second kappa shape index (κ2) is 11.3. The Bertz CT molecular complexity index is 557. The third-order valence-electron chi connectivity index (χ3n) is 4.18. The fourth-order valence-corrected chi connectivity index (χ4v) is 2.67. The third-order valence-corrected chi connectivity index (χ3v) is 4.18. The number of carbonyl (C=O) groups excluding carboxylic acids is 1. The number of amides is 1. The van der Waals surface area contributed by atoms with Gasteiger partial charge in [-0.1, -0.05) is 31.4 Å². The molecule has 0 aromatic heterocycles. The molecule has 0 heterocycles. The number of aliphatic imine (C=N–C) groups is 1. The Morgan fingerprint density at radius 3 is 2.44 bits per heavy atom. The normalized spacial score (nSPS) is 15.2. The molecule has 0 atom stereocenters. The van der Waals surface area contributed by atoms with Crippen molar-refractivity contribution in [3.63, 3.8) is 0 Å². The van der Waals surface area contributed by atoms with Crippen LogP contribution in [0.25, 0.3) is 0 Å². The van der Waals surface area contributed by atoms with E-state index in [1.165, 1.54) is 31.4 Å². The molecule has 1 aliphatic rings. The van der Waals surface area contributed by atoms with Gasteiger partial charge < -0.3 is 15.5 Å². The average molecular weight is 462 g/mol. The zero-order chi connectivity index (χ0) is 17.4. The number of rotatable bonds is 5. The number of benzene rings is 1. The van der Waals surface area contributed by atoms with Crippen LogP contribution in [0.3, 0.4) is 0 Å². The minimum Gasteiger partial charge on any atom is -0.354 e. The van der Waals surface area contributed by atoms with Crippen LogP contribution in [0.4, 0.5) is 4.39 Å². The van der Waals surface area contributed by atoms with Crippen LogP contribution < -0.4 is 10.6 Å². The molecule has 0 bridgehead atoms. The summed E-state index contributed by atoms with van der Waals surface area (Å²) < 4.78 is 13.0. The Balaban J connectivity index is 0.00000312. The standard InChI is InChI=1S/C18H27FN4O.HI/c1-23(2)17(24)13-21-18(22-16-6-4-3-5-7-16)20-12-14-8-10-15(19)11-9-14;/h8-11,16H,3-7,12-13H2,1-2H3,(H2,20,21,22);1H. The van der Waals surface area contributed by atoms with Crippen LogP contribution in [0.5, 0.6) is 0 Å². The number of hydrogen-bond donors (Lipinski definition) is 2. The minimum atomic E-state index is -0.252. The fraction of sp³-hybridized carbons (Fsp3) is 0.556. The van der Waals surface area contributed by atoms with Crippen LogP contribution in [-0.4, -0.2) is 43.4 Å². The van der Waals surface area contributed by atoms with Gasteiger partial charge in [0.2, 0.25) is 5.91 Å². The lowest BCUT2D eigenvalue weighted by Crippen LogP contribution is -2.47. The van der Waals surface area contributed by atoms with Crippen molar-refractivity contribution in [3.8, 4) is 0 Å². The van der Waals surface area contributed by atoms with Crippen LogP contribution in [0.15, 0.2) is 29.3 Å². The molecule has 1 amide bonds. The van der Waals surface area contributed by atoms with Crippen molar-refractivity contribution in [2.45, 2.75) is 44.7 Å². The van der Waals surface area contributed by atoms with E-state index in [9.17, 15) is 9.18 Å². The van der Waals surface area contributed by atoms with Gasteiger partial charge >= 0.3 is 0 Å². The van der Waals surface area contributed by atoms with Gasteiger partial charge in [-0.15, -0.1) is 24.0 Å². The van der Waals surface area contributed by atoms with E-state index < -0.39 is 0 Å². The molecule has 7 heteroatoms. The second-order valence-corrected chi connectivity index (χ2v) is 6.41. The molecule has 1 aliphatic carbocycles. The van der Waals surface area contributed by atoms with Crippen molar-refractivity contribution in [3.05, 3.63) is 35.6 Å². The van der Waals surface area contributed by atoms with Gasteiger partial charge in [0.1, 0.15) is 5.82 Å². The summed E-state index contributed by atoms with van der Waals surface area (Å²) >= 11 is 0. The van der Waals surface area contributed by atoms with E-state index >= 15 is 0 Å². The Kier molecular flexibility index (Phi) is 9.77. The maximum atomic E-state index is 13.0. The maximum Gasteiger partial charge on any atom is 0.241 e. The zero-order valence-corrected chi connectivity index (χ0v) is 17.3. The molecule has 0 unspecified atom stereocenters. The van der Waals surface area contributed by atoms with Gasteiger partial charge in [-0.3, -0.25) is 4.79 Å². The first-order valence-corrected chi connectivity index (χ1v) is 8.54. The average Bonchev–Trinajstić information content (AvgIpc) is 2.59.